The Morgan fingerprint density at radius 3 is 2.70 bits per heavy atom. The van der Waals surface area contributed by atoms with Crippen LogP contribution in [0.3, 0.4) is 0 Å². The maximum absolute atomic E-state index is 4.49. The first-order valence-electron chi connectivity index (χ1n) is 9.79. The summed E-state index contributed by atoms with van der Waals surface area (Å²) in [7, 11) is 1.83. The molecule has 1 aliphatic heterocycles. The fraction of sp³-hybridized carbons (Fsp3) is 0.524. The third-order valence-corrected chi connectivity index (χ3v) is 6.37. The van der Waals surface area contributed by atoms with Crippen molar-refractivity contribution in [2.45, 2.75) is 52.7 Å². The van der Waals surface area contributed by atoms with Crippen LogP contribution in [0.25, 0.3) is 0 Å². The molecule has 0 aliphatic carbocycles. The molecule has 6 heteroatoms. The quantitative estimate of drug-likeness (QED) is 0.592. The second-order valence-electron chi connectivity index (χ2n) is 7.10. The first-order valence-corrected chi connectivity index (χ1v) is 10.6. The van der Waals surface area contributed by atoms with Crippen LogP contribution in [-0.2, 0) is 19.5 Å². The van der Waals surface area contributed by atoms with Crippen molar-refractivity contribution in [3.8, 4) is 0 Å². The maximum Gasteiger partial charge on any atom is 0.191 e. The molecule has 0 saturated heterocycles. The summed E-state index contributed by atoms with van der Waals surface area (Å²) in [4.78, 5) is 12.8. The minimum absolute atomic E-state index is 0.504. The number of nitrogens with one attached hydrogen (secondary N) is 2. The number of fused-ring (bicyclic) bond motifs is 1. The fourth-order valence-corrected chi connectivity index (χ4v) is 4.57. The lowest BCUT2D eigenvalue weighted by Gasteiger charge is -2.35. The molecule has 1 atom stereocenters. The van der Waals surface area contributed by atoms with Crippen LogP contribution < -0.4 is 10.6 Å². The van der Waals surface area contributed by atoms with Crippen LogP contribution in [0.15, 0.2) is 29.3 Å². The highest BCUT2D eigenvalue weighted by Crippen LogP contribution is 2.21. The Kier molecular flexibility index (Phi) is 6.85. The summed E-state index contributed by atoms with van der Waals surface area (Å²) in [5, 5.41) is 8.06. The minimum Gasteiger partial charge on any atom is -0.355 e. The number of aliphatic imine (C=N–C) groups is 1. The largest absolute Gasteiger partial charge is 0.355 e. The maximum atomic E-state index is 4.49. The van der Waals surface area contributed by atoms with Gasteiger partial charge in [0.15, 0.2) is 5.96 Å². The predicted octanol–water partition coefficient (Wildman–Crippen LogP) is 3.26. The van der Waals surface area contributed by atoms with Gasteiger partial charge >= 0.3 is 0 Å². The first kappa shape index (κ1) is 19.8. The normalized spacial score (nSPS) is 16.1. The second kappa shape index (κ2) is 9.33. The van der Waals surface area contributed by atoms with Gasteiger partial charge in [-0.3, -0.25) is 9.89 Å². The van der Waals surface area contributed by atoms with Crippen LogP contribution in [0.1, 0.15) is 40.1 Å². The summed E-state index contributed by atoms with van der Waals surface area (Å²) in [5.41, 5.74) is 4.09. The Hall–Kier alpha value is -1.92. The van der Waals surface area contributed by atoms with E-state index in [-0.39, 0.29) is 0 Å². The SMILES string of the molecule is CCC(CNC(=NC)NCc1sc(C)nc1C)N1CCc2ccccc2C1. The lowest BCUT2D eigenvalue weighted by Crippen LogP contribution is -2.48. The molecule has 0 saturated carbocycles. The van der Waals surface area contributed by atoms with Crippen molar-refractivity contribution < 1.29 is 0 Å². The number of thiazole rings is 1. The molecule has 0 fully saturated rings. The summed E-state index contributed by atoms with van der Waals surface area (Å²) in [6.45, 7) is 10.2. The topological polar surface area (TPSA) is 52.6 Å². The molecule has 1 aromatic carbocycles. The van der Waals surface area contributed by atoms with Crippen molar-refractivity contribution in [3.63, 3.8) is 0 Å². The first-order chi connectivity index (χ1) is 13.1. The number of nitrogens with zero attached hydrogens (tertiary/aromatic N) is 3. The summed E-state index contributed by atoms with van der Waals surface area (Å²) in [6, 6.07) is 9.33. The molecule has 1 unspecified atom stereocenters. The molecule has 0 spiro atoms. The van der Waals surface area contributed by atoms with E-state index in [1.54, 1.807) is 11.3 Å². The summed E-state index contributed by atoms with van der Waals surface area (Å²) < 4.78 is 0. The van der Waals surface area contributed by atoms with Crippen LogP contribution >= 0.6 is 11.3 Å². The van der Waals surface area contributed by atoms with Crippen molar-refractivity contribution in [1.82, 2.24) is 20.5 Å². The van der Waals surface area contributed by atoms with E-state index in [0.717, 1.165) is 55.7 Å². The number of hydrogen-bond acceptors (Lipinski definition) is 4. The van der Waals surface area contributed by atoms with Gasteiger partial charge < -0.3 is 10.6 Å². The Balaban J connectivity index is 1.53. The monoisotopic (exact) mass is 385 g/mol. The van der Waals surface area contributed by atoms with E-state index >= 15 is 0 Å². The average molecular weight is 386 g/mol. The predicted molar refractivity (Wildman–Crippen MR) is 114 cm³/mol. The average Bonchev–Trinajstić information content (AvgIpc) is 3.01. The zero-order chi connectivity index (χ0) is 19.2. The molecule has 1 aliphatic rings. The molecule has 0 bridgehead atoms. The molecular weight excluding hydrogens is 354 g/mol. The second-order valence-corrected chi connectivity index (χ2v) is 8.39. The van der Waals surface area contributed by atoms with Crippen molar-refractivity contribution in [1.29, 1.82) is 0 Å². The minimum atomic E-state index is 0.504. The van der Waals surface area contributed by atoms with E-state index in [9.17, 15) is 0 Å². The van der Waals surface area contributed by atoms with Gasteiger partial charge in [-0.2, -0.15) is 0 Å². The van der Waals surface area contributed by atoms with E-state index in [4.69, 9.17) is 0 Å². The van der Waals surface area contributed by atoms with Crippen LogP contribution in [0.2, 0.25) is 0 Å². The third-order valence-electron chi connectivity index (χ3n) is 5.29. The number of benzene rings is 1. The van der Waals surface area contributed by atoms with Gasteiger partial charge in [0.25, 0.3) is 0 Å². The molecule has 146 valence electrons. The van der Waals surface area contributed by atoms with Gasteiger partial charge in [-0.05, 0) is 37.8 Å². The molecule has 5 nitrogen and oxygen atoms in total. The van der Waals surface area contributed by atoms with E-state index < -0.39 is 0 Å². The summed E-state index contributed by atoms with van der Waals surface area (Å²) >= 11 is 1.75. The van der Waals surface area contributed by atoms with Crippen LogP contribution in [0, 0.1) is 13.8 Å². The van der Waals surface area contributed by atoms with Gasteiger partial charge in [0.2, 0.25) is 0 Å². The van der Waals surface area contributed by atoms with Gasteiger partial charge in [-0.1, -0.05) is 31.2 Å². The van der Waals surface area contributed by atoms with E-state index in [2.05, 4.69) is 70.5 Å². The lowest BCUT2D eigenvalue weighted by atomic mass is 9.98. The summed E-state index contributed by atoms with van der Waals surface area (Å²) in [5.74, 6) is 0.858. The Morgan fingerprint density at radius 1 is 1.26 bits per heavy atom. The molecule has 0 radical (unpaired) electrons. The number of hydrogen-bond donors (Lipinski definition) is 2. The zero-order valence-electron chi connectivity index (χ0n) is 16.9. The van der Waals surface area contributed by atoms with E-state index in [1.165, 1.54) is 16.0 Å². The molecular formula is C21H31N5S. The van der Waals surface area contributed by atoms with E-state index in [1.807, 2.05) is 7.05 Å². The lowest BCUT2D eigenvalue weighted by molar-refractivity contribution is 0.174. The molecule has 27 heavy (non-hydrogen) atoms. The Bertz CT molecular complexity index is 783. The Morgan fingerprint density at radius 2 is 2.04 bits per heavy atom. The molecule has 2 heterocycles. The van der Waals surface area contributed by atoms with Gasteiger partial charge in [0.1, 0.15) is 0 Å². The van der Waals surface area contributed by atoms with Crippen LogP contribution in [0.5, 0.6) is 0 Å². The van der Waals surface area contributed by atoms with Crippen molar-refractivity contribution >= 4 is 17.3 Å². The number of rotatable bonds is 6. The highest BCUT2D eigenvalue weighted by molar-refractivity contribution is 7.11. The highest BCUT2D eigenvalue weighted by Gasteiger charge is 2.22. The third kappa shape index (κ3) is 5.08. The molecule has 2 aromatic rings. The smallest absolute Gasteiger partial charge is 0.191 e. The molecule has 2 N–H and O–H groups in total. The van der Waals surface area contributed by atoms with Gasteiger partial charge in [-0.25, -0.2) is 4.98 Å². The number of guanidine groups is 1. The number of aromatic nitrogens is 1. The highest BCUT2D eigenvalue weighted by atomic mass is 32.1. The summed E-state index contributed by atoms with van der Waals surface area (Å²) in [6.07, 6.45) is 2.27. The van der Waals surface area contributed by atoms with Crippen molar-refractivity contribution in [3.05, 3.63) is 51.0 Å². The van der Waals surface area contributed by atoms with E-state index in [0.29, 0.717) is 6.04 Å². The molecule has 1 aromatic heterocycles. The molecule has 3 rings (SSSR count). The van der Waals surface area contributed by atoms with Crippen LogP contribution in [0.4, 0.5) is 0 Å². The number of aryl methyl sites for hydroxylation is 2. The van der Waals surface area contributed by atoms with Gasteiger partial charge in [0, 0.05) is 37.6 Å². The standard InChI is InChI=1S/C21H31N5S/c1-5-19(26-11-10-17-8-6-7-9-18(17)14-26)12-23-21(22-4)24-13-20-15(2)25-16(3)27-20/h6-9,19H,5,10-14H2,1-4H3,(H2,22,23,24). The van der Waals surface area contributed by atoms with Crippen molar-refractivity contribution in [2.24, 2.45) is 4.99 Å². The van der Waals surface area contributed by atoms with Gasteiger partial charge in [0.05, 0.1) is 17.2 Å². The fourth-order valence-electron chi connectivity index (χ4n) is 3.70. The van der Waals surface area contributed by atoms with Gasteiger partial charge in [-0.15, -0.1) is 11.3 Å². The zero-order valence-corrected chi connectivity index (χ0v) is 17.7. The molecule has 0 amide bonds. The Labute approximate surface area is 166 Å². The van der Waals surface area contributed by atoms with Crippen molar-refractivity contribution in [2.75, 3.05) is 20.1 Å². The van der Waals surface area contributed by atoms with Crippen LogP contribution in [-0.4, -0.2) is 42.0 Å².